The van der Waals surface area contributed by atoms with E-state index in [1.807, 2.05) is 12.1 Å². The molecule has 1 aromatic rings. The first-order valence-electron chi connectivity index (χ1n) is 7.11. The molecule has 0 radical (unpaired) electrons. The highest BCUT2D eigenvalue weighted by molar-refractivity contribution is 5.21. The second-order valence-electron chi connectivity index (χ2n) is 6.10. The molecule has 1 aliphatic heterocycles. The summed E-state index contributed by atoms with van der Waals surface area (Å²) < 4.78 is 18.8. The second-order valence-corrected chi connectivity index (χ2v) is 6.10. The maximum absolute atomic E-state index is 13.1. The highest BCUT2D eigenvalue weighted by Crippen LogP contribution is 2.39. The molecule has 1 heterocycles. The summed E-state index contributed by atoms with van der Waals surface area (Å²) in [6.07, 6.45) is 3.05. The van der Waals surface area contributed by atoms with Crippen LogP contribution in [0.5, 0.6) is 0 Å². The van der Waals surface area contributed by atoms with Crippen molar-refractivity contribution in [1.29, 1.82) is 0 Å². The van der Waals surface area contributed by atoms with Gasteiger partial charge in [-0.25, -0.2) is 4.39 Å². The van der Waals surface area contributed by atoms with Crippen LogP contribution in [0.2, 0.25) is 0 Å². The lowest BCUT2D eigenvalue weighted by Gasteiger charge is -2.39. The average Bonchev–Trinajstić information content (AvgIpc) is 2.36. The predicted octanol–water partition coefficient (Wildman–Crippen LogP) is 3.46. The van der Waals surface area contributed by atoms with Gasteiger partial charge in [0.05, 0.1) is 5.60 Å². The molecule has 19 heavy (non-hydrogen) atoms. The van der Waals surface area contributed by atoms with Crippen molar-refractivity contribution in [3.8, 4) is 0 Å². The third kappa shape index (κ3) is 3.77. The van der Waals surface area contributed by atoms with Crippen molar-refractivity contribution in [3.63, 3.8) is 0 Å². The molecule has 0 bridgehead atoms. The first kappa shape index (κ1) is 14.5. The van der Waals surface area contributed by atoms with Gasteiger partial charge in [0, 0.05) is 6.61 Å². The van der Waals surface area contributed by atoms with Crippen molar-refractivity contribution in [2.24, 2.45) is 11.7 Å². The minimum absolute atomic E-state index is 0.0597. The summed E-state index contributed by atoms with van der Waals surface area (Å²) in [7, 11) is 0. The molecule has 0 spiro atoms. The number of hydrogen-bond acceptors (Lipinski definition) is 2. The summed E-state index contributed by atoms with van der Waals surface area (Å²) in [6.45, 7) is 5.76. The third-order valence-electron chi connectivity index (χ3n) is 4.08. The van der Waals surface area contributed by atoms with Crippen molar-refractivity contribution in [2.45, 2.75) is 44.6 Å². The van der Waals surface area contributed by atoms with Crippen LogP contribution in [0, 0.1) is 11.7 Å². The zero-order valence-electron chi connectivity index (χ0n) is 11.9. The molecule has 0 saturated carbocycles. The fourth-order valence-electron chi connectivity index (χ4n) is 3.19. The molecule has 2 N–H and O–H groups in total. The normalized spacial score (nSPS) is 24.1. The minimum atomic E-state index is -0.178. The molecule has 1 saturated heterocycles. The van der Waals surface area contributed by atoms with E-state index in [2.05, 4.69) is 13.8 Å². The molecule has 1 aromatic carbocycles. The summed E-state index contributed by atoms with van der Waals surface area (Å²) in [4.78, 5) is 0. The fourth-order valence-corrected chi connectivity index (χ4v) is 3.19. The SMILES string of the molecule is CC1(C)CC(C(CCN)c2ccc(F)cc2)CCO1. The monoisotopic (exact) mass is 265 g/mol. The van der Waals surface area contributed by atoms with Crippen LogP contribution in [0.25, 0.3) is 0 Å². The molecule has 2 rings (SSSR count). The van der Waals surface area contributed by atoms with Crippen molar-refractivity contribution in [3.05, 3.63) is 35.6 Å². The lowest BCUT2D eigenvalue weighted by Crippen LogP contribution is -2.36. The summed E-state index contributed by atoms with van der Waals surface area (Å²) in [6, 6.07) is 6.89. The Morgan fingerprint density at radius 2 is 2.05 bits per heavy atom. The highest BCUT2D eigenvalue weighted by Gasteiger charge is 2.33. The number of halogens is 1. The van der Waals surface area contributed by atoms with Crippen LogP contribution < -0.4 is 5.73 Å². The lowest BCUT2D eigenvalue weighted by molar-refractivity contribution is -0.0771. The standard InChI is InChI=1S/C16H24FNO/c1-16(2)11-13(8-10-19-16)15(7-9-18)12-3-5-14(17)6-4-12/h3-6,13,15H,7-11,18H2,1-2H3. The van der Waals surface area contributed by atoms with E-state index < -0.39 is 0 Å². The number of benzene rings is 1. The zero-order valence-corrected chi connectivity index (χ0v) is 11.9. The molecular formula is C16H24FNO. The van der Waals surface area contributed by atoms with E-state index in [9.17, 15) is 4.39 Å². The van der Waals surface area contributed by atoms with Gasteiger partial charge < -0.3 is 10.5 Å². The van der Waals surface area contributed by atoms with E-state index in [1.54, 1.807) is 12.1 Å². The van der Waals surface area contributed by atoms with E-state index in [0.29, 0.717) is 18.4 Å². The van der Waals surface area contributed by atoms with Gasteiger partial charge in [0.15, 0.2) is 0 Å². The summed E-state index contributed by atoms with van der Waals surface area (Å²) in [5.74, 6) is 0.800. The van der Waals surface area contributed by atoms with Crippen molar-refractivity contribution >= 4 is 0 Å². The van der Waals surface area contributed by atoms with E-state index in [4.69, 9.17) is 10.5 Å². The van der Waals surface area contributed by atoms with Crippen molar-refractivity contribution < 1.29 is 9.13 Å². The lowest BCUT2D eigenvalue weighted by atomic mass is 9.75. The van der Waals surface area contributed by atoms with Crippen molar-refractivity contribution in [2.75, 3.05) is 13.2 Å². The largest absolute Gasteiger partial charge is 0.376 e. The molecule has 106 valence electrons. The van der Waals surface area contributed by atoms with Crippen LogP contribution in [-0.4, -0.2) is 18.8 Å². The fraction of sp³-hybridized carbons (Fsp3) is 0.625. The van der Waals surface area contributed by atoms with Crippen LogP contribution in [0.15, 0.2) is 24.3 Å². The van der Waals surface area contributed by atoms with Crippen LogP contribution in [0.1, 0.15) is 44.6 Å². The molecule has 1 fully saturated rings. The molecular weight excluding hydrogens is 241 g/mol. The first-order valence-corrected chi connectivity index (χ1v) is 7.11. The number of ether oxygens (including phenoxy) is 1. The topological polar surface area (TPSA) is 35.2 Å². The molecule has 2 atom stereocenters. The highest BCUT2D eigenvalue weighted by atomic mass is 19.1. The Bertz CT molecular complexity index is 402. The van der Waals surface area contributed by atoms with E-state index in [-0.39, 0.29) is 11.4 Å². The molecule has 3 heteroatoms. The number of nitrogens with two attached hydrogens (primary N) is 1. The Morgan fingerprint density at radius 3 is 2.63 bits per heavy atom. The Kier molecular flexibility index (Phi) is 4.58. The number of rotatable bonds is 4. The van der Waals surface area contributed by atoms with Gasteiger partial charge in [0.25, 0.3) is 0 Å². The summed E-state index contributed by atoms with van der Waals surface area (Å²) in [5, 5.41) is 0. The van der Waals surface area contributed by atoms with Crippen LogP contribution >= 0.6 is 0 Å². The molecule has 0 aromatic heterocycles. The van der Waals surface area contributed by atoms with Crippen molar-refractivity contribution in [1.82, 2.24) is 0 Å². The van der Waals surface area contributed by atoms with E-state index in [0.717, 1.165) is 25.9 Å². The second kappa shape index (κ2) is 6.02. The van der Waals surface area contributed by atoms with E-state index >= 15 is 0 Å². The first-order chi connectivity index (χ1) is 9.02. The average molecular weight is 265 g/mol. The van der Waals surface area contributed by atoms with Gasteiger partial charge in [0.1, 0.15) is 5.82 Å². The molecule has 2 unspecified atom stereocenters. The Balaban J connectivity index is 2.17. The Hall–Kier alpha value is -0.930. The molecule has 2 nitrogen and oxygen atoms in total. The maximum atomic E-state index is 13.1. The van der Waals surface area contributed by atoms with Crippen LogP contribution in [0.3, 0.4) is 0 Å². The third-order valence-corrected chi connectivity index (χ3v) is 4.08. The van der Waals surface area contributed by atoms with Gasteiger partial charge in [0.2, 0.25) is 0 Å². The maximum Gasteiger partial charge on any atom is 0.123 e. The molecule has 0 amide bonds. The molecule has 0 aliphatic carbocycles. The Labute approximate surface area is 115 Å². The van der Waals surface area contributed by atoms with Crippen LogP contribution in [0.4, 0.5) is 4.39 Å². The van der Waals surface area contributed by atoms with E-state index in [1.165, 1.54) is 5.56 Å². The Morgan fingerprint density at radius 1 is 1.37 bits per heavy atom. The zero-order chi connectivity index (χ0) is 13.9. The summed E-state index contributed by atoms with van der Waals surface area (Å²) >= 11 is 0. The quantitative estimate of drug-likeness (QED) is 0.904. The van der Waals surface area contributed by atoms with Crippen LogP contribution in [-0.2, 0) is 4.74 Å². The summed E-state index contributed by atoms with van der Waals surface area (Å²) in [5.41, 5.74) is 6.91. The predicted molar refractivity (Wildman–Crippen MR) is 75.6 cm³/mol. The van der Waals surface area contributed by atoms with Gasteiger partial charge in [-0.2, -0.15) is 0 Å². The van der Waals surface area contributed by atoms with Gasteiger partial charge in [-0.05, 0) is 69.2 Å². The molecule has 1 aliphatic rings. The van der Waals surface area contributed by atoms with Gasteiger partial charge in [-0.15, -0.1) is 0 Å². The smallest absolute Gasteiger partial charge is 0.123 e. The van der Waals surface area contributed by atoms with Gasteiger partial charge in [-0.3, -0.25) is 0 Å². The minimum Gasteiger partial charge on any atom is -0.376 e. The number of hydrogen-bond donors (Lipinski definition) is 1. The van der Waals surface area contributed by atoms with Gasteiger partial charge >= 0.3 is 0 Å². The van der Waals surface area contributed by atoms with Gasteiger partial charge in [-0.1, -0.05) is 12.1 Å².